The lowest BCUT2D eigenvalue weighted by atomic mass is 10.1. The third kappa shape index (κ3) is 3.00. The van der Waals surface area contributed by atoms with Crippen molar-refractivity contribution in [2.45, 2.75) is 18.9 Å². The van der Waals surface area contributed by atoms with E-state index in [4.69, 9.17) is 5.11 Å². The molecule has 6 nitrogen and oxygen atoms in total. The van der Waals surface area contributed by atoms with Crippen molar-refractivity contribution < 1.29 is 14.1 Å². The SMILES string of the molecule is O=C(O)c1nccnc1NC1CCS(=O)CC1. The van der Waals surface area contributed by atoms with Gasteiger partial charge in [0.05, 0.1) is 0 Å². The molecule has 2 heterocycles. The van der Waals surface area contributed by atoms with E-state index in [2.05, 4.69) is 15.3 Å². The molecule has 0 aromatic carbocycles. The molecule has 7 heteroatoms. The lowest BCUT2D eigenvalue weighted by Gasteiger charge is -2.23. The number of nitrogens with one attached hydrogen (secondary N) is 1. The Morgan fingerprint density at radius 1 is 1.35 bits per heavy atom. The summed E-state index contributed by atoms with van der Waals surface area (Å²) in [6.07, 6.45) is 4.34. The highest BCUT2D eigenvalue weighted by Gasteiger charge is 2.20. The first-order valence-electron chi connectivity index (χ1n) is 5.32. The summed E-state index contributed by atoms with van der Waals surface area (Å²) in [7, 11) is -0.725. The molecule has 0 bridgehead atoms. The number of aromatic carboxylic acids is 1. The summed E-state index contributed by atoms with van der Waals surface area (Å²) < 4.78 is 11.2. The average molecular weight is 255 g/mol. The lowest BCUT2D eigenvalue weighted by Crippen LogP contribution is -2.30. The molecule has 2 rings (SSSR count). The molecule has 0 radical (unpaired) electrons. The molecular weight excluding hydrogens is 242 g/mol. The van der Waals surface area contributed by atoms with Crippen LogP contribution in [0.5, 0.6) is 0 Å². The molecule has 0 amide bonds. The van der Waals surface area contributed by atoms with Crippen LogP contribution in [0.1, 0.15) is 23.3 Å². The second kappa shape index (κ2) is 5.22. The summed E-state index contributed by atoms with van der Waals surface area (Å²) >= 11 is 0. The number of carbonyl (C=O) groups is 1. The topological polar surface area (TPSA) is 92.2 Å². The van der Waals surface area contributed by atoms with E-state index in [9.17, 15) is 9.00 Å². The number of aromatic nitrogens is 2. The van der Waals surface area contributed by atoms with Gasteiger partial charge in [-0.2, -0.15) is 0 Å². The molecule has 0 spiro atoms. The summed E-state index contributed by atoms with van der Waals surface area (Å²) in [5.41, 5.74) is -0.0702. The van der Waals surface area contributed by atoms with Gasteiger partial charge in [0.15, 0.2) is 11.5 Å². The van der Waals surface area contributed by atoms with Gasteiger partial charge in [0.25, 0.3) is 0 Å². The summed E-state index contributed by atoms with van der Waals surface area (Å²) in [6.45, 7) is 0. The van der Waals surface area contributed by atoms with E-state index in [0.29, 0.717) is 11.5 Å². The highest BCUT2D eigenvalue weighted by Crippen LogP contribution is 2.16. The Morgan fingerprint density at radius 2 is 2.00 bits per heavy atom. The van der Waals surface area contributed by atoms with Crippen LogP contribution in [0.4, 0.5) is 5.82 Å². The molecule has 0 unspecified atom stereocenters. The highest BCUT2D eigenvalue weighted by atomic mass is 32.2. The van der Waals surface area contributed by atoms with E-state index in [0.717, 1.165) is 12.8 Å². The minimum atomic E-state index is -1.10. The number of anilines is 1. The van der Waals surface area contributed by atoms with Crippen LogP contribution in [0.15, 0.2) is 12.4 Å². The van der Waals surface area contributed by atoms with Crippen molar-refractivity contribution in [2.24, 2.45) is 0 Å². The molecular formula is C10H13N3O3S. The van der Waals surface area contributed by atoms with Crippen LogP contribution in [0.2, 0.25) is 0 Å². The Kier molecular flexibility index (Phi) is 3.68. The third-order valence-electron chi connectivity index (χ3n) is 2.63. The molecule has 1 aromatic heterocycles. The summed E-state index contributed by atoms with van der Waals surface area (Å²) in [5, 5.41) is 12.0. The minimum Gasteiger partial charge on any atom is -0.476 e. The van der Waals surface area contributed by atoms with Crippen molar-refractivity contribution in [3.8, 4) is 0 Å². The van der Waals surface area contributed by atoms with Crippen LogP contribution in [-0.4, -0.2) is 42.8 Å². The van der Waals surface area contributed by atoms with Crippen LogP contribution < -0.4 is 5.32 Å². The van der Waals surface area contributed by atoms with Gasteiger partial charge in [0, 0.05) is 40.7 Å². The predicted octanol–water partition coefficient (Wildman–Crippen LogP) is 0.498. The Labute approximate surface area is 101 Å². The fourth-order valence-corrected chi connectivity index (χ4v) is 3.03. The van der Waals surface area contributed by atoms with Crippen LogP contribution in [0.25, 0.3) is 0 Å². The van der Waals surface area contributed by atoms with E-state index in [1.165, 1.54) is 12.4 Å². The first-order chi connectivity index (χ1) is 8.16. The smallest absolute Gasteiger partial charge is 0.358 e. The number of hydrogen-bond donors (Lipinski definition) is 2. The van der Waals surface area contributed by atoms with Gasteiger partial charge in [-0.15, -0.1) is 0 Å². The number of carboxylic acids is 1. The molecule has 1 aromatic rings. The van der Waals surface area contributed by atoms with Gasteiger partial charge >= 0.3 is 5.97 Å². The number of nitrogens with zero attached hydrogens (tertiary/aromatic N) is 2. The van der Waals surface area contributed by atoms with Gasteiger partial charge in [0.2, 0.25) is 0 Å². The quantitative estimate of drug-likeness (QED) is 0.817. The van der Waals surface area contributed by atoms with E-state index in [1.54, 1.807) is 0 Å². The molecule has 1 saturated heterocycles. The van der Waals surface area contributed by atoms with Crippen molar-refractivity contribution in [1.82, 2.24) is 9.97 Å². The third-order valence-corrected chi connectivity index (χ3v) is 4.01. The Balaban J connectivity index is 2.08. The summed E-state index contributed by atoms with van der Waals surface area (Å²) in [6, 6.07) is 0.127. The molecule has 1 aliphatic rings. The normalized spacial score (nSPS) is 24.2. The number of hydrogen-bond acceptors (Lipinski definition) is 5. The fourth-order valence-electron chi connectivity index (χ4n) is 1.73. The summed E-state index contributed by atoms with van der Waals surface area (Å²) in [5.74, 6) is 0.499. The van der Waals surface area contributed by atoms with E-state index in [-0.39, 0.29) is 17.6 Å². The first kappa shape index (κ1) is 12.0. The maximum atomic E-state index is 11.2. The van der Waals surface area contributed by atoms with Gasteiger partial charge < -0.3 is 10.4 Å². The van der Waals surface area contributed by atoms with Crippen molar-refractivity contribution in [2.75, 3.05) is 16.8 Å². The van der Waals surface area contributed by atoms with Crippen LogP contribution >= 0.6 is 0 Å². The number of rotatable bonds is 3. The number of carboxylic acid groups (broad SMARTS) is 1. The monoisotopic (exact) mass is 255 g/mol. The molecule has 0 saturated carbocycles. The maximum absolute atomic E-state index is 11.2. The maximum Gasteiger partial charge on any atom is 0.358 e. The summed E-state index contributed by atoms with van der Waals surface area (Å²) in [4.78, 5) is 18.7. The average Bonchev–Trinajstić information content (AvgIpc) is 2.32. The van der Waals surface area contributed by atoms with Crippen LogP contribution in [0, 0.1) is 0 Å². The first-order valence-corrected chi connectivity index (χ1v) is 6.81. The second-order valence-corrected chi connectivity index (χ2v) is 5.52. The van der Waals surface area contributed by atoms with E-state index >= 15 is 0 Å². The van der Waals surface area contributed by atoms with Crippen LogP contribution in [-0.2, 0) is 10.8 Å². The van der Waals surface area contributed by atoms with Crippen molar-refractivity contribution in [1.29, 1.82) is 0 Å². The van der Waals surface area contributed by atoms with E-state index in [1.807, 2.05) is 0 Å². The largest absolute Gasteiger partial charge is 0.476 e. The molecule has 17 heavy (non-hydrogen) atoms. The predicted molar refractivity (Wildman–Crippen MR) is 63.5 cm³/mol. The van der Waals surface area contributed by atoms with Gasteiger partial charge in [-0.25, -0.2) is 14.8 Å². The molecule has 1 fully saturated rings. The molecule has 0 atom stereocenters. The zero-order chi connectivity index (χ0) is 12.3. The van der Waals surface area contributed by atoms with Gasteiger partial charge in [-0.05, 0) is 12.8 Å². The van der Waals surface area contributed by atoms with Gasteiger partial charge in [-0.3, -0.25) is 4.21 Å². The lowest BCUT2D eigenvalue weighted by molar-refractivity contribution is 0.0691. The second-order valence-electron chi connectivity index (χ2n) is 3.83. The fraction of sp³-hybridized carbons (Fsp3) is 0.500. The van der Waals surface area contributed by atoms with Crippen molar-refractivity contribution in [3.05, 3.63) is 18.1 Å². The Hall–Kier alpha value is -1.50. The minimum absolute atomic E-state index is 0.0702. The van der Waals surface area contributed by atoms with E-state index < -0.39 is 16.8 Å². The molecule has 0 aliphatic carbocycles. The van der Waals surface area contributed by atoms with Crippen molar-refractivity contribution >= 4 is 22.6 Å². The van der Waals surface area contributed by atoms with Gasteiger partial charge in [0.1, 0.15) is 0 Å². The highest BCUT2D eigenvalue weighted by molar-refractivity contribution is 7.85. The Bertz CT molecular complexity index is 442. The molecule has 1 aliphatic heterocycles. The zero-order valence-corrected chi connectivity index (χ0v) is 9.94. The van der Waals surface area contributed by atoms with Crippen LogP contribution in [0.3, 0.4) is 0 Å². The Morgan fingerprint density at radius 3 is 2.65 bits per heavy atom. The molecule has 92 valence electrons. The standard InChI is InChI=1S/C10H13N3O3S/c14-10(15)8-9(12-4-3-11-8)13-7-1-5-17(16)6-2-7/h3-4,7H,1-2,5-6H2,(H,12,13)(H,14,15). The van der Waals surface area contributed by atoms with Crippen molar-refractivity contribution in [3.63, 3.8) is 0 Å². The zero-order valence-electron chi connectivity index (χ0n) is 9.13. The van der Waals surface area contributed by atoms with Gasteiger partial charge in [-0.1, -0.05) is 0 Å². The molecule has 2 N–H and O–H groups in total.